The number of para-hydroxylation sites is 1. The zero-order chi connectivity index (χ0) is 15.2. The van der Waals surface area contributed by atoms with E-state index in [2.05, 4.69) is 20.4 Å². The lowest BCUT2D eigenvalue weighted by molar-refractivity contribution is -0.115. The molecular formula is C14H15N3O3S. The Morgan fingerprint density at radius 3 is 2.76 bits per heavy atom. The van der Waals surface area contributed by atoms with E-state index in [1.807, 2.05) is 31.2 Å². The van der Waals surface area contributed by atoms with Gasteiger partial charge in [0.2, 0.25) is 5.91 Å². The summed E-state index contributed by atoms with van der Waals surface area (Å²) in [6.07, 6.45) is -0.437. The third-order valence-electron chi connectivity index (χ3n) is 2.71. The highest BCUT2D eigenvalue weighted by atomic mass is 32.1. The molecule has 21 heavy (non-hydrogen) atoms. The van der Waals surface area contributed by atoms with Crippen LogP contribution in [0, 0.1) is 6.92 Å². The molecule has 1 aromatic carbocycles. The molecule has 0 atom stereocenters. The second kappa shape index (κ2) is 6.85. The van der Waals surface area contributed by atoms with Gasteiger partial charge in [-0.25, -0.2) is 9.78 Å². The van der Waals surface area contributed by atoms with Gasteiger partial charge >= 0.3 is 6.09 Å². The van der Waals surface area contributed by atoms with Crippen LogP contribution in [0.3, 0.4) is 0 Å². The summed E-state index contributed by atoms with van der Waals surface area (Å²) < 4.78 is 4.47. The summed E-state index contributed by atoms with van der Waals surface area (Å²) >= 11 is 1.24. The summed E-state index contributed by atoms with van der Waals surface area (Å²) in [4.78, 5) is 27.2. The zero-order valence-electron chi connectivity index (χ0n) is 11.7. The van der Waals surface area contributed by atoms with Crippen LogP contribution in [0.25, 0.3) is 0 Å². The molecule has 2 N–H and O–H groups in total. The van der Waals surface area contributed by atoms with Gasteiger partial charge in [-0.2, -0.15) is 0 Å². The molecule has 2 aromatic rings. The van der Waals surface area contributed by atoms with Crippen LogP contribution in [-0.4, -0.2) is 24.1 Å². The van der Waals surface area contributed by atoms with Gasteiger partial charge in [0.1, 0.15) is 0 Å². The van der Waals surface area contributed by atoms with Crippen molar-refractivity contribution in [3.05, 3.63) is 40.9 Å². The summed E-state index contributed by atoms with van der Waals surface area (Å²) in [5.74, 6) is -0.154. The van der Waals surface area contributed by atoms with Crippen LogP contribution in [0.15, 0.2) is 29.6 Å². The maximum absolute atomic E-state index is 12.0. The lowest BCUT2D eigenvalue weighted by Crippen LogP contribution is -2.15. The molecule has 0 aliphatic heterocycles. The largest absolute Gasteiger partial charge is 0.453 e. The van der Waals surface area contributed by atoms with Crippen molar-refractivity contribution in [2.45, 2.75) is 13.3 Å². The summed E-state index contributed by atoms with van der Waals surface area (Å²) in [6.45, 7) is 1.93. The number of amides is 2. The Balaban J connectivity index is 1.94. The topological polar surface area (TPSA) is 80.3 Å². The number of nitrogens with zero attached hydrogens (tertiary/aromatic N) is 1. The van der Waals surface area contributed by atoms with E-state index in [0.717, 1.165) is 11.3 Å². The van der Waals surface area contributed by atoms with Gasteiger partial charge in [-0.1, -0.05) is 18.2 Å². The van der Waals surface area contributed by atoms with Gasteiger partial charge in [0.05, 0.1) is 19.2 Å². The van der Waals surface area contributed by atoms with Gasteiger partial charge < -0.3 is 10.1 Å². The van der Waals surface area contributed by atoms with E-state index in [-0.39, 0.29) is 12.3 Å². The van der Waals surface area contributed by atoms with Gasteiger partial charge in [0, 0.05) is 11.1 Å². The Hall–Kier alpha value is -2.41. The highest BCUT2D eigenvalue weighted by Gasteiger charge is 2.10. The van der Waals surface area contributed by atoms with Crippen molar-refractivity contribution in [1.29, 1.82) is 0 Å². The molecule has 1 aromatic heterocycles. The predicted molar refractivity (Wildman–Crippen MR) is 81.7 cm³/mol. The van der Waals surface area contributed by atoms with E-state index in [9.17, 15) is 9.59 Å². The third-order valence-corrected chi connectivity index (χ3v) is 3.51. The van der Waals surface area contributed by atoms with Gasteiger partial charge in [-0.3, -0.25) is 10.1 Å². The van der Waals surface area contributed by atoms with Gasteiger partial charge in [0.25, 0.3) is 0 Å². The first kappa shape index (κ1) is 15.0. The van der Waals surface area contributed by atoms with E-state index in [1.165, 1.54) is 18.4 Å². The van der Waals surface area contributed by atoms with Crippen molar-refractivity contribution >= 4 is 34.2 Å². The number of aromatic nitrogens is 1. The van der Waals surface area contributed by atoms with Crippen LogP contribution >= 0.6 is 11.3 Å². The van der Waals surface area contributed by atoms with Gasteiger partial charge in [-0.05, 0) is 18.6 Å². The fourth-order valence-electron chi connectivity index (χ4n) is 1.66. The SMILES string of the molecule is COC(=O)Nc1nc(CC(=O)Nc2ccccc2C)cs1. The molecule has 1 heterocycles. The number of aryl methyl sites for hydroxylation is 1. The Bertz CT molecular complexity index is 654. The quantitative estimate of drug-likeness (QED) is 0.910. The van der Waals surface area contributed by atoms with E-state index >= 15 is 0 Å². The number of carbonyl (C=O) groups is 2. The van der Waals surface area contributed by atoms with Crippen molar-refractivity contribution in [2.75, 3.05) is 17.7 Å². The van der Waals surface area contributed by atoms with E-state index in [1.54, 1.807) is 5.38 Å². The molecule has 6 nitrogen and oxygen atoms in total. The maximum Gasteiger partial charge on any atom is 0.413 e. The molecule has 0 bridgehead atoms. The number of hydrogen-bond acceptors (Lipinski definition) is 5. The minimum Gasteiger partial charge on any atom is -0.453 e. The van der Waals surface area contributed by atoms with E-state index < -0.39 is 6.09 Å². The molecule has 0 saturated heterocycles. The summed E-state index contributed by atoms with van der Waals surface area (Å²) in [5, 5.41) is 7.42. The lowest BCUT2D eigenvalue weighted by atomic mass is 10.2. The van der Waals surface area contributed by atoms with Crippen molar-refractivity contribution in [3.8, 4) is 0 Å². The van der Waals surface area contributed by atoms with Crippen molar-refractivity contribution in [1.82, 2.24) is 4.98 Å². The maximum atomic E-state index is 12.0. The number of benzene rings is 1. The van der Waals surface area contributed by atoms with Gasteiger partial charge in [0.15, 0.2) is 5.13 Å². The molecule has 0 fully saturated rings. The number of carbonyl (C=O) groups excluding carboxylic acids is 2. The molecule has 0 aliphatic carbocycles. The molecule has 0 aliphatic rings. The highest BCUT2D eigenvalue weighted by molar-refractivity contribution is 7.13. The minimum absolute atomic E-state index is 0.147. The van der Waals surface area contributed by atoms with Crippen LogP contribution in [0.5, 0.6) is 0 Å². The molecule has 0 radical (unpaired) electrons. The van der Waals surface area contributed by atoms with Crippen LogP contribution in [0.4, 0.5) is 15.6 Å². The number of hydrogen-bond donors (Lipinski definition) is 2. The van der Waals surface area contributed by atoms with E-state index in [0.29, 0.717) is 10.8 Å². The zero-order valence-corrected chi connectivity index (χ0v) is 12.5. The van der Waals surface area contributed by atoms with Crippen LogP contribution in [0.2, 0.25) is 0 Å². The number of ether oxygens (including phenoxy) is 1. The molecular weight excluding hydrogens is 290 g/mol. The Labute approximate surface area is 126 Å². The second-order valence-electron chi connectivity index (χ2n) is 4.30. The first-order chi connectivity index (χ1) is 10.1. The van der Waals surface area contributed by atoms with Crippen LogP contribution in [-0.2, 0) is 16.0 Å². The normalized spacial score (nSPS) is 10.0. The Morgan fingerprint density at radius 1 is 1.29 bits per heavy atom. The fraction of sp³-hybridized carbons (Fsp3) is 0.214. The number of methoxy groups -OCH3 is 1. The molecule has 0 spiro atoms. The molecule has 110 valence electrons. The number of nitrogens with one attached hydrogen (secondary N) is 2. The first-order valence-electron chi connectivity index (χ1n) is 6.23. The fourth-order valence-corrected chi connectivity index (χ4v) is 2.35. The molecule has 2 amide bonds. The molecule has 7 heteroatoms. The number of thiazole rings is 1. The smallest absolute Gasteiger partial charge is 0.413 e. The number of anilines is 2. The first-order valence-corrected chi connectivity index (χ1v) is 7.11. The predicted octanol–water partition coefficient (Wildman–Crippen LogP) is 2.81. The number of rotatable bonds is 4. The summed E-state index contributed by atoms with van der Waals surface area (Å²) in [6, 6.07) is 7.55. The van der Waals surface area contributed by atoms with E-state index in [4.69, 9.17) is 0 Å². The standard InChI is InChI=1S/C14H15N3O3S/c1-9-5-3-4-6-11(9)16-12(18)7-10-8-21-13(15-10)17-14(19)20-2/h3-6,8H,7H2,1-2H3,(H,16,18)(H,15,17,19). The lowest BCUT2D eigenvalue weighted by Gasteiger charge is -2.06. The van der Waals surface area contributed by atoms with Crippen LogP contribution < -0.4 is 10.6 Å². The third kappa shape index (κ3) is 4.28. The van der Waals surface area contributed by atoms with Gasteiger partial charge in [-0.15, -0.1) is 11.3 Å². The Kier molecular flexibility index (Phi) is 4.89. The second-order valence-corrected chi connectivity index (χ2v) is 5.16. The van der Waals surface area contributed by atoms with Crippen molar-refractivity contribution in [3.63, 3.8) is 0 Å². The highest BCUT2D eigenvalue weighted by Crippen LogP contribution is 2.17. The average molecular weight is 305 g/mol. The van der Waals surface area contributed by atoms with Crippen molar-refractivity contribution < 1.29 is 14.3 Å². The molecule has 2 rings (SSSR count). The molecule has 0 saturated carbocycles. The van der Waals surface area contributed by atoms with Crippen LogP contribution in [0.1, 0.15) is 11.3 Å². The average Bonchev–Trinajstić information content (AvgIpc) is 2.88. The minimum atomic E-state index is -0.583. The van der Waals surface area contributed by atoms with Crippen molar-refractivity contribution in [2.24, 2.45) is 0 Å². The summed E-state index contributed by atoms with van der Waals surface area (Å²) in [7, 11) is 1.28. The monoisotopic (exact) mass is 305 g/mol. The molecule has 0 unspecified atom stereocenters. The summed E-state index contributed by atoms with van der Waals surface area (Å²) in [5.41, 5.74) is 2.38. The Morgan fingerprint density at radius 2 is 2.05 bits per heavy atom.